The Balaban J connectivity index is 1.76. The van der Waals surface area contributed by atoms with E-state index >= 15 is 0 Å². The van der Waals surface area contributed by atoms with E-state index in [1.165, 1.54) is 24.0 Å². The standard InChI is InChI=1S/C16H22N2O/c1-16(9-3-6-14(16)17)15(19)18-13-8-7-11-4-2-5-12(11)10-13/h7-8,10,14H,2-6,9,17H2,1H3,(H,18,19). The molecular formula is C16H22N2O. The molecule has 1 fully saturated rings. The third-order valence-electron chi connectivity index (χ3n) is 4.90. The van der Waals surface area contributed by atoms with E-state index in [9.17, 15) is 4.79 Å². The molecule has 3 nitrogen and oxygen atoms in total. The first kappa shape index (κ1) is 12.7. The van der Waals surface area contributed by atoms with Crippen LogP contribution in [0.1, 0.15) is 43.7 Å². The average molecular weight is 258 g/mol. The molecule has 0 radical (unpaired) electrons. The van der Waals surface area contributed by atoms with Crippen molar-refractivity contribution in [2.45, 2.75) is 51.5 Å². The maximum atomic E-state index is 12.5. The van der Waals surface area contributed by atoms with E-state index in [0.29, 0.717) is 0 Å². The first-order chi connectivity index (χ1) is 9.09. The van der Waals surface area contributed by atoms with Gasteiger partial charge in [0.05, 0.1) is 5.41 Å². The number of nitrogens with two attached hydrogens (primary N) is 1. The second kappa shape index (κ2) is 4.64. The largest absolute Gasteiger partial charge is 0.327 e. The first-order valence-corrected chi connectivity index (χ1v) is 7.28. The molecule has 3 rings (SSSR count). The van der Waals surface area contributed by atoms with Crippen LogP contribution in [0.25, 0.3) is 0 Å². The monoisotopic (exact) mass is 258 g/mol. The summed E-state index contributed by atoms with van der Waals surface area (Å²) in [7, 11) is 0. The third kappa shape index (κ3) is 2.16. The number of fused-ring (bicyclic) bond motifs is 1. The van der Waals surface area contributed by atoms with Crippen LogP contribution in [0.5, 0.6) is 0 Å². The maximum Gasteiger partial charge on any atom is 0.231 e. The van der Waals surface area contributed by atoms with Crippen molar-refractivity contribution in [3.8, 4) is 0 Å². The number of carbonyl (C=O) groups is 1. The molecule has 0 aromatic heterocycles. The second-order valence-corrected chi connectivity index (χ2v) is 6.21. The molecule has 1 aromatic rings. The van der Waals surface area contributed by atoms with Crippen LogP contribution in [-0.2, 0) is 17.6 Å². The van der Waals surface area contributed by atoms with E-state index in [1.54, 1.807) is 0 Å². The van der Waals surface area contributed by atoms with Gasteiger partial charge in [0.1, 0.15) is 0 Å². The Hall–Kier alpha value is -1.35. The van der Waals surface area contributed by atoms with Crippen LogP contribution >= 0.6 is 0 Å². The molecule has 2 unspecified atom stereocenters. The molecule has 2 atom stereocenters. The quantitative estimate of drug-likeness (QED) is 0.856. The van der Waals surface area contributed by atoms with Crippen molar-refractivity contribution >= 4 is 11.6 Å². The van der Waals surface area contributed by atoms with Crippen LogP contribution in [-0.4, -0.2) is 11.9 Å². The van der Waals surface area contributed by atoms with E-state index in [-0.39, 0.29) is 11.9 Å². The van der Waals surface area contributed by atoms with Gasteiger partial charge in [-0.2, -0.15) is 0 Å². The number of amides is 1. The fraction of sp³-hybridized carbons (Fsp3) is 0.562. The second-order valence-electron chi connectivity index (χ2n) is 6.21. The van der Waals surface area contributed by atoms with Crippen molar-refractivity contribution in [3.63, 3.8) is 0 Å². The molecule has 1 saturated carbocycles. The molecule has 2 aliphatic rings. The van der Waals surface area contributed by atoms with Crippen molar-refractivity contribution in [1.82, 2.24) is 0 Å². The Morgan fingerprint density at radius 2 is 2.11 bits per heavy atom. The molecule has 2 aliphatic carbocycles. The van der Waals surface area contributed by atoms with Crippen LogP contribution in [0.2, 0.25) is 0 Å². The first-order valence-electron chi connectivity index (χ1n) is 7.28. The van der Waals surface area contributed by atoms with E-state index in [0.717, 1.165) is 31.4 Å². The van der Waals surface area contributed by atoms with Gasteiger partial charge in [-0.1, -0.05) is 12.5 Å². The lowest BCUT2D eigenvalue weighted by molar-refractivity contribution is -0.125. The molecule has 3 N–H and O–H groups in total. The molecule has 0 aliphatic heterocycles. The van der Waals surface area contributed by atoms with Crippen molar-refractivity contribution < 1.29 is 4.79 Å². The Labute approximate surface area is 114 Å². The highest BCUT2D eigenvalue weighted by molar-refractivity contribution is 5.96. The number of nitrogens with one attached hydrogen (secondary N) is 1. The summed E-state index contributed by atoms with van der Waals surface area (Å²) in [5.41, 5.74) is 9.44. The zero-order chi connectivity index (χ0) is 13.5. The van der Waals surface area contributed by atoms with Crippen molar-refractivity contribution in [2.75, 3.05) is 5.32 Å². The summed E-state index contributed by atoms with van der Waals surface area (Å²) in [6, 6.07) is 6.28. The Kier molecular flexibility index (Phi) is 3.09. The average Bonchev–Trinajstić information content (AvgIpc) is 2.97. The highest BCUT2D eigenvalue weighted by Gasteiger charge is 2.42. The van der Waals surface area contributed by atoms with Crippen LogP contribution in [0, 0.1) is 5.41 Å². The predicted molar refractivity (Wildman–Crippen MR) is 77.0 cm³/mol. The molecule has 0 heterocycles. The van der Waals surface area contributed by atoms with Gasteiger partial charge in [-0.05, 0) is 62.3 Å². The lowest BCUT2D eigenvalue weighted by Crippen LogP contribution is -2.44. The highest BCUT2D eigenvalue weighted by Crippen LogP contribution is 2.38. The van der Waals surface area contributed by atoms with Gasteiger partial charge >= 0.3 is 0 Å². The van der Waals surface area contributed by atoms with Gasteiger partial charge in [-0.15, -0.1) is 0 Å². The van der Waals surface area contributed by atoms with Crippen LogP contribution in [0.4, 0.5) is 5.69 Å². The summed E-state index contributed by atoms with van der Waals surface area (Å²) < 4.78 is 0. The van der Waals surface area contributed by atoms with Crippen LogP contribution in [0.15, 0.2) is 18.2 Å². The smallest absolute Gasteiger partial charge is 0.231 e. The number of aryl methyl sites for hydroxylation is 2. The third-order valence-corrected chi connectivity index (χ3v) is 4.90. The SMILES string of the molecule is CC1(C(=O)Nc2ccc3c(c2)CCC3)CCCC1N. The van der Waals surface area contributed by atoms with Gasteiger partial charge in [-0.25, -0.2) is 0 Å². The summed E-state index contributed by atoms with van der Waals surface area (Å²) >= 11 is 0. The Morgan fingerprint density at radius 1 is 1.32 bits per heavy atom. The molecule has 3 heteroatoms. The van der Waals surface area contributed by atoms with Gasteiger partial charge in [-0.3, -0.25) is 4.79 Å². The highest BCUT2D eigenvalue weighted by atomic mass is 16.2. The van der Waals surface area contributed by atoms with Gasteiger partial charge in [0, 0.05) is 11.7 Å². The molecule has 102 valence electrons. The lowest BCUT2D eigenvalue weighted by atomic mass is 9.84. The molecule has 0 bridgehead atoms. The lowest BCUT2D eigenvalue weighted by Gasteiger charge is -2.27. The van der Waals surface area contributed by atoms with E-state index in [4.69, 9.17) is 5.73 Å². The summed E-state index contributed by atoms with van der Waals surface area (Å²) in [5, 5.41) is 3.07. The number of hydrogen-bond acceptors (Lipinski definition) is 2. The van der Waals surface area contributed by atoms with Crippen molar-refractivity contribution in [2.24, 2.45) is 11.1 Å². The molecule has 0 saturated heterocycles. The van der Waals surface area contributed by atoms with Gasteiger partial charge in [0.15, 0.2) is 0 Å². The van der Waals surface area contributed by atoms with E-state index in [2.05, 4.69) is 17.4 Å². The Bertz CT molecular complexity index is 511. The number of carbonyl (C=O) groups excluding carboxylic acids is 1. The van der Waals surface area contributed by atoms with Crippen LogP contribution in [0.3, 0.4) is 0 Å². The topological polar surface area (TPSA) is 55.1 Å². The fourth-order valence-corrected chi connectivity index (χ4v) is 3.40. The maximum absolute atomic E-state index is 12.5. The minimum atomic E-state index is -0.404. The van der Waals surface area contributed by atoms with E-state index < -0.39 is 5.41 Å². The minimum Gasteiger partial charge on any atom is -0.327 e. The van der Waals surface area contributed by atoms with Gasteiger partial charge in [0.2, 0.25) is 5.91 Å². The normalized spacial score (nSPS) is 29.3. The molecule has 1 aromatic carbocycles. The summed E-state index contributed by atoms with van der Waals surface area (Å²) in [6.45, 7) is 1.99. The van der Waals surface area contributed by atoms with Crippen molar-refractivity contribution in [1.29, 1.82) is 0 Å². The minimum absolute atomic E-state index is 0.0121. The van der Waals surface area contributed by atoms with Crippen molar-refractivity contribution in [3.05, 3.63) is 29.3 Å². The summed E-state index contributed by atoms with van der Waals surface area (Å²) in [6.07, 6.45) is 6.44. The predicted octanol–water partition coefficient (Wildman–Crippen LogP) is 2.63. The van der Waals surface area contributed by atoms with Crippen LogP contribution < -0.4 is 11.1 Å². The van der Waals surface area contributed by atoms with Gasteiger partial charge in [0.25, 0.3) is 0 Å². The van der Waals surface area contributed by atoms with Gasteiger partial charge < -0.3 is 11.1 Å². The molecular weight excluding hydrogens is 236 g/mol. The molecule has 1 amide bonds. The molecule has 19 heavy (non-hydrogen) atoms. The number of hydrogen-bond donors (Lipinski definition) is 2. The Morgan fingerprint density at radius 3 is 2.84 bits per heavy atom. The zero-order valence-corrected chi connectivity index (χ0v) is 11.5. The fourth-order valence-electron chi connectivity index (χ4n) is 3.40. The number of rotatable bonds is 2. The summed E-state index contributed by atoms with van der Waals surface area (Å²) in [5.74, 6) is 0.0791. The van der Waals surface area contributed by atoms with E-state index in [1.807, 2.05) is 13.0 Å². The summed E-state index contributed by atoms with van der Waals surface area (Å²) in [4.78, 5) is 12.5. The zero-order valence-electron chi connectivity index (χ0n) is 11.5. The number of anilines is 1. The number of benzene rings is 1. The molecule has 0 spiro atoms.